The molecule has 1 unspecified atom stereocenters. The molecule has 1 fully saturated rings. The van der Waals surface area contributed by atoms with Gasteiger partial charge in [-0.1, -0.05) is 26.0 Å². The van der Waals surface area contributed by atoms with Crippen LogP contribution in [0.3, 0.4) is 0 Å². The predicted molar refractivity (Wildman–Crippen MR) is 121 cm³/mol. The van der Waals surface area contributed by atoms with Crippen LogP contribution in [-0.4, -0.2) is 60.3 Å². The van der Waals surface area contributed by atoms with Gasteiger partial charge in [0.05, 0.1) is 17.1 Å². The van der Waals surface area contributed by atoms with E-state index in [-0.39, 0.29) is 36.4 Å². The molecule has 31 heavy (non-hydrogen) atoms. The van der Waals surface area contributed by atoms with E-state index in [1.807, 2.05) is 36.6 Å². The minimum atomic E-state index is -3.07. The van der Waals surface area contributed by atoms with E-state index in [0.717, 1.165) is 17.1 Å². The number of hydrogen-bond donors (Lipinski definition) is 1. The van der Waals surface area contributed by atoms with Gasteiger partial charge >= 0.3 is 0 Å². The number of aryl methyl sites for hydroxylation is 1. The van der Waals surface area contributed by atoms with Crippen molar-refractivity contribution in [2.45, 2.75) is 46.6 Å². The van der Waals surface area contributed by atoms with Crippen molar-refractivity contribution in [2.75, 3.05) is 24.6 Å². The third kappa shape index (κ3) is 5.01. The van der Waals surface area contributed by atoms with Crippen LogP contribution in [-0.2, 0) is 14.6 Å². The summed E-state index contributed by atoms with van der Waals surface area (Å²) in [6.07, 6.45) is 0. The van der Waals surface area contributed by atoms with Gasteiger partial charge in [0.2, 0.25) is 5.91 Å². The Hall–Kier alpha value is -2.61. The van der Waals surface area contributed by atoms with Crippen LogP contribution in [0.1, 0.15) is 54.0 Å². The molecule has 8 heteroatoms. The molecule has 1 atom stereocenters. The average molecular weight is 446 g/mol. The minimum absolute atomic E-state index is 0.0316. The van der Waals surface area contributed by atoms with Gasteiger partial charge in [-0.2, -0.15) is 0 Å². The van der Waals surface area contributed by atoms with Crippen molar-refractivity contribution in [3.05, 3.63) is 52.8 Å². The Morgan fingerprint density at radius 3 is 2.13 bits per heavy atom. The summed E-state index contributed by atoms with van der Waals surface area (Å²) in [7, 11) is -3.07. The number of amides is 2. The average Bonchev–Trinajstić information content (AvgIpc) is 3.01. The fraction of sp³-hybridized carbons (Fsp3) is 0.478. The highest BCUT2D eigenvalue weighted by atomic mass is 32.2. The van der Waals surface area contributed by atoms with Gasteiger partial charge in [0, 0.05) is 30.2 Å². The van der Waals surface area contributed by atoms with Crippen LogP contribution in [0.2, 0.25) is 0 Å². The van der Waals surface area contributed by atoms with Gasteiger partial charge in [-0.15, -0.1) is 0 Å². The molecule has 7 nitrogen and oxygen atoms in total. The van der Waals surface area contributed by atoms with Crippen LogP contribution in [0.25, 0.3) is 5.69 Å². The van der Waals surface area contributed by atoms with Crippen LogP contribution >= 0.6 is 0 Å². The Morgan fingerprint density at radius 2 is 1.58 bits per heavy atom. The second-order valence-corrected chi connectivity index (χ2v) is 10.8. The maximum atomic E-state index is 12.9. The number of nitrogens with one attached hydrogen (secondary N) is 1. The molecule has 0 saturated carbocycles. The van der Waals surface area contributed by atoms with Crippen LogP contribution in [0, 0.1) is 13.8 Å². The molecule has 1 aliphatic rings. The van der Waals surface area contributed by atoms with Gasteiger partial charge in [-0.05, 0) is 50.5 Å². The highest BCUT2D eigenvalue weighted by Crippen LogP contribution is 2.23. The van der Waals surface area contributed by atoms with Crippen molar-refractivity contribution in [1.82, 2.24) is 14.8 Å². The number of carbonyl (C=O) groups excluding carboxylic acids is 2. The maximum absolute atomic E-state index is 12.9. The lowest BCUT2D eigenvalue weighted by Crippen LogP contribution is -2.51. The molecule has 1 aliphatic heterocycles. The molecule has 0 aliphatic carbocycles. The highest BCUT2D eigenvalue weighted by Gasteiger charge is 2.29. The summed E-state index contributed by atoms with van der Waals surface area (Å²) >= 11 is 0. The van der Waals surface area contributed by atoms with E-state index in [2.05, 4.69) is 31.3 Å². The number of rotatable bonds is 5. The van der Waals surface area contributed by atoms with Crippen LogP contribution in [0.4, 0.5) is 0 Å². The fourth-order valence-corrected chi connectivity index (χ4v) is 5.14. The molecule has 168 valence electrons. The molecule has 3 rings (SSSR count). The zero-order chi connectivity index (χ0) is 22.9. The van der Waals surface area contributed by atoms with Gasteiger partial charge in [0.15, 0.2) is 9.84 Å². The molecular formula is C23H31N3O4S. The topological polar surface area (TPSA) is 88.5 Å². The second-order valence-electron chi connectivity index (χ2n) is 8.54. The zero-order valence-electron chi connectivity index (χ0n) is 18.8. The lowest BCUT2D eigenvalue weighted by Gasteiger charge is -2.29. The van der Waals surface area contributed by atoms with Crippen LogP contribution in [0.5, 0.6) is 0 Å². The lowest BCUT2D eigenvalue weighted by molar-refractivity contribution is -0.132. The Labute approximate surface area is 184 Å². The summed E-state index contributed by atoms with van der Waals surface area (Å²) in [4.78, 5) is 27.1. The largest absolute Gasteiger partial charge is 0.340 e. The first-order valence-electron chi connectivity index (χ1n) is 10.6. The number of nitrogens with zero attached hydrogens (tertiary/aromatic N) is 2. The zero-order valence-corrected chi connectivity index (χ0v) is 19.6. The minimum Gasteiger partial charge on any atom is -0.340 e. The second kappa shape index (κ2) is 8.86. The van der Waals surface area contributed by atoms with E-state index in [4.69, 9.17) is 0 Å². The predicted octanol–water partition coefficient (Wildman–Crippen LogP) is 2.59. The van der Waals surface area contributed by atoms with Crippen molar-refractivity contribution in [1.29, 1.82) is 0 Å². The molecule has 2 heterocycles. The van der Waals surface area contributed by atoms with E-state index in [9.17, 15) is 18.0 Å². The van der Waals surface area contributed by atoms with Crippen molar-refractivity contribution < 1.29 is 18.0 Å². The highest BCUT2D eigenvalue weighted by molar-refractivity contribution is 7.91. The van der Waals surface area contributed by atoms with E-state index < -0.39 is 15.9 Å². The molecule has 1 N–H and O–H groups in total. The summed E-state index contributed by atoms with van der Waals surface area (Å²) < 4.78 is 25.2. The molecule has 2 amide bonds. The quantitative estimate of drug-likeness (QED) is 0.766. The van der Waals surface area contributed by atoms with Crippen molar-refractivity contribution in [3.8, 4) is 5.69 Å². The van der Waals surface area contributed by atoms with E-state index in [1.54, 1.807) is 6.92 Å². The summed E-state index contributed by atoms with van der Waals surface area (Å²) in [6, 6.07) is 9.38. The molecule has 0 bridgehead atoms. The number of aromatic nitrogens is 1. The normalized spacial score (nSPS) is 16.9. The van der Waals surface area contributed by atoms with Gasteiger partial charge in [0.1, 0.15) is 6.04 Å². The van der Waals surface area contributed by atoms with Crippen molar-refractivity contribution in [2.24, 2.45) is 0 Å². The molecular weight excluding hydrogens is 414 g/mol. The summed E-state index contributed by atoms with van der Waals surface area (Å²) in [5, 5.41) is 2.78. The number of hydrogen-bond acceptors (Lipinski definition) is 4. The van der Waals surface area contributed by atoms with Gasteiger partial charge < -0.3 is 14.8 Å². The smallest absolute Gasteiger partial charge is 0.253 e. The third-order valence-electron chi connectivity index (χ3n) is 5.87. The third-order valence-corrected chi connectivity index (χ3v) is 7.48. The molecule has 1 saturated heterocycles. The number of sulfone groups is 1. The Morgan fingerprint density at radius 1 is 1.00 bits per heavy atom. The lowest BCUT2D eigenvalue weighted by atomic mass is 10.0. The van der Waals surface area contributed by atoms with Gasteiger partial charge in [-0.3, -0.25) is 9.59 Å². The van der Waals surface area contributed by atoms with E-state index in [1.165, 1.54) is 10.5 Å². The van der Waals surface area contributed by atoms with E-state index >= 15 is 0 Å². The summed E-state index contributed by atoms with van der Waals surface area (Å²) in [5.41, 5.74) is 4.49. The first-order chi connectivity index (χ1) is 14.5. The first-order valence-corrected chi connectivity index (χ1v) is 12.4. The maximum Gasteiger partial charge on any atom is 0.253 e. The number of carbonyl (C=O) groups is 2. The van der Waals surface area contributed by atoms with Crippen LogP contribution < -0.4 is 5.32 Å². The SMILES string of the molecule is Cc1cc(C(=O)NC(C)C(=O)N2CCS(=O)(=O)CC2)c(C)n1-c1ccc(C(C)C)cc1. The summed E-state index contributed by atoms with van der Waals surface area (Å²) in [5.74, 6) is -0.196. The monoisotopic (exact) mass is 445 g/mol. The molecule has 1 aromatic heterocycles. The van der Waals surface area contributed by atoms with Gasteiger partial charge in [0.25, 0.3) is 5.91 Å². The van der Waals surface area contributed by atoms with Crippen molar-refractivity contribution >= 4 is 21.7 Å². The summed E-state index contributed by atoms with van der Waals surface area (Å²) in [6.45, 7) is 10.1. The Bertz CT molecular complexity index is 1070. The fourth-order valence-electron chi connectivity index (χ4n) is 3.94. The van der Waals surface area contributed by atoms with Gasteiger partial charge in [-0.25, -0.2) is 8.42 Å². The first kappa shape index (κ1) is 23.1. The number of benzene rings is 1. The molecule has 1 aromatic carbocycles. The van der Waals surface area contributed by atoms with Crippen LogP contribution in [0.15, 0.2) is 30.3 Å². The Kier molecular flexibility index (Phi) is 6.59. The molecule has 2 aromatic rings. The van der Waals surface area contributed by atoms with Crippen molar-refractivity contribution in [3.63, 3.8) is 0 Å². The molecule has 0 radical (unpaired) electrons. The molecule has 0 spiro atoms. The standard InChI is InChI=1S/C23H31N3O4S/c1-15(2)19-6-8-20(9-7-19)26-16(3)14-21(18(26)5)22(27)24-17(4)23(28)25-10-12-31(29,30)13-11-25/h6-9,14-15,17H,10-13H2,1-5H3,(H,24,27). The Balaban J connectivity index is 1.73. The van der Waals surface area contributed by atoms with E-state index in [0.29, 0.717) is 11.5 Å².